The molecule has 0 atom stereocenters. The van der Waals surface area contributed by atoms with Gasteiger partial charge in [0.1, 0.15) is 5.82 Å². The quantitative estimate of drug-likeness (QED) is 0.907. The summed E-state index contributed by atoms with van der Waals surface area (Å²) in [5.41, 5.74) is 5.63. The molecular formula is C21H28N4. The monoisotopic (exact) mass is 336 g/mol. The van der Waals surface area contributed by atoms with Gasteiger partial charge in [0.05, 0.1) is 5.69 Å². The number of rotatable bonds is 5. The van der Waals surface area contributed by atoms with Crippen molar-refractivity contribution in [2.45, 2.75) is 32.1 Å². The molecule has 0 radical (unpaired) electrons. The number of hydrogen-bond acceptors (Lipinski definition) is 3. The average Bonchev–Trinajstić information content (AvgIpc) is 2.99. The summed E-state index contributed by atoms with van der Waals surface area (Å²) in [6.45, 7) is 4.26. The SMILES string of the molecule is Cn1nc2c(c1NCCN1CC=C(c3ccccc3)CC1)CCCC2. The zero-order chi connectivity index (χ0) is 17.1. The van der Waals surface area contributed by atoms with Crippen LogP contribution >= 0.6 is 0 Å². The Labute approximate surface area is 150 Å². The van der Waals surface area contributed by atoms with Crippen molar-refractivity contribution in [2.24, 2.45) is 7.05 Å². The van der Waals surface area contributed by atoms with Gasteiger partial charge in [-0.05, 0) is 43.2 Å². The molecule has 1 aromatic carbocycles. The molecule has 0 unspecified atom stereocenters. The molecule has 4 rings (SSSR count). The number of aryl methyl sites for hydroxylation is 2. The summed E-state index contributed by atoms with van der Waals surface area (Å²) in [4.78, 5) is 2.53. The summed E-state index contributed by atoms with van der Waals surface area (Å²) in [5.74, 6) is 1.24. The third-order valence-electron chi connectivity index (χ3n) is 5.48. The fraction of sp³-hybridized carbons (Fsp3) is 0.476. The fourth-order valence-corrected chi connectivity index (χ4v) is 4.06. The van der Waals surface area contributed by atoms with E-state index in [1.165, 1.54) is 47.5 Å². The number of nitrogens with zero attached hydrogens (tertiary/aromatic N) is 3. The van der Waals surface area contributed by atoms with Gasteiger partial charge in [-0.2, -0.15) is 5.10 Å². The molecule has 132 valence electrons. The molecule has 0 amide bonds. The largest absolute Gasteiger partial charge is 0.369 e. The highest BCUT2D eigenvalue weighted by atomic mass is 15.3. The van der Waals surface area contributed by atoms with Crippen molar-refractivity contribution >= 4 is 11.4 Å². The topological polar surface area (TPSA) is 33.1 Å². The second kappa shape index (κ2) is 7.44. The lowest BCUT2D eigenvalue weighted by atomic mass is 9.97. The standard InChI is InChI=1S/C21H28N4/c1-24-21(19-9-5-6-10-20(19)23-24)22-13-16-25-14-11-18(12-15-25)17-7-3-2-4-8-17/h2-4,7-8,11,22H,5-6,9-10,12-16H2,1H3. The molecule has 1 aromatic heterocycles. The van der Waals surface area contributed by atoms with E-state index >= 15 is 0 Å². The summed E-state index contributed by atoms with van der Waals surface area (Å²) in [7, 11) is 2.07. The highest BCUT2D eigenvalue weighted by Gasteiger charge is 2.19. The van der Waals surface area contributed by atoms with Gasteiger partial charge in [0.25, 0.3) is 0 Å². The maximum atomic E-state index is 4.69. The molecule has 0 spiro atoms. The van der Waals surface area contributed by atoms with Crippen LogP contribution in [-0.4, -0.2) is 40.9 Å². The van der Waals surface area contributed by atoms with Gasteiger partial charge in [-0.3, -0.25) is 9.58 Å². The Kier molecular flexibility index (Phi) is 4.88. The van der Waals surface area contributed by atoms with Gasteiger partial charge < -0.3 is 5.32 Å². The molecule has 4 heteroatoms. The van der Waals surface area contributed by atoms with Crippen LogP contribution in [0.1, 0.15) is 36.1 Å². The van der Waals surface area contributed by atoms with Gasteiger partial charge in [-0.1, -0.05) is 36.4 Å². The number of nitrogens with one attached hydrogen (secondary N) is 1. The van der Waals surface area contributed by atoms with Crippen LogP contribution < -0.4 is 5.32 Å². The molecule has 1 aliphatic heterocycles. The Morgan fingerprint density at radius 1 is 1.08 bits per heavy atom. The van der Waals surface area contributed by atoms with E-state index < -0.39 is 0 Å². The van der Waals surface area contributed by atoms with Gasteiger partial charge in [0.15, 0.2) is 0 Å². The lowest BCUT2D eigenvalue weighted by molar-refractivity contribution is 0.313. The molecule has 2 aromatic rings. The van der Waals surface area contributed by atoms with E-state index in [1.807, 2.05) is 4.68 Å². The van der Waals surface area contributed by atoms with E-state index in [0.29, 0.717) is 0 Å². The fourth-order valence-electron chi connectivity index (χ4n) is 4.06. The number of hydrogen-bond donors (Lipinski definition) is 1. The van der Waals surface area contributed by atoms with Crippen LogP contribution in [-0.2, 0) is 19.9 Å². The van der Waals surface area contributed by atoms with Crippen LogP contribution in [0, 0.1) is 0 Å². The number of fused-ring (bicyclic) bond motifs is 1. The predicted molar refractivity (Wildman–Crippen MR) is 104 cm³/mol. The van der Waals surface area contributed by atoms with Gasteiger partial charge >= 0.3 is 0 Å². The molecule has 2 heterocycles. The van der Waals surface area contributed by atoms with Crippen LogP contribution in [0.5, 0.6) is 0 Å². The minimum atomic E-state index is 0.987. The minimum absolute atomic E-state index is 0.987. The van der Waals surface area contributed by atoms with Crippen molar-refractivity contribution in [1.29, 1.82) is 0 Å². The van der Waals surface area contributed by atoms with Crippen LogP contribution in [0.25, 0.3) is 5.57 Å². The second-order valence-corrected chi connectivity index (χ2v) is 7.18. The van der Waals surface area contributed by atoms with Gasteiger partial charge in [0.2, 0.25) is 0 Å². The van der Waals surface area contributed by atoms with E-state index in [1.54, 1.807) is 0 Å². The Morgan fingerprint density at radius 3 is 2.72 bits per heavy atom. The minimum Gasteiger partial charge on any atom is -0.369 e. The van der Waals surface area contributed by atoms with E-state index in [4.69, 9.17) is 5.10 Å². The van der Waals surface area contributed by atoms with Crippen molar-refractivity contribution in [2.75, 3.05) is 31.5 Å². The number of benzene rings is 1. The van der Waals surface area contributed by atoms with Crippen molar-refractivity contribution in [1.82, 2.24) is 14.7 Å². The highest BCUT2D eigenvalue weighted by molar-refractivity contribution is 5.66. The predicted octanol–water partition coefficient (Wildman–Crippen LogP) is 3.50. The summed E-state index contributed by atoms with van der Waals surface area (Å²) >= 11 is 0. The van der Waals surface area contributed by atoms with Gasteiger partial charge in [0, 0.05) is 38.8 Å². The van der Waals surface area contributed by atoms with Crippen LogP contribution in [0.3, 0.4) is 0 Å². The molecule has 25 heavy (non-hydrogen) atoms. The Balaban J connectivity index is 1.30. The molecule has 0 bridgehead atoms. The maximum Gasteiger partial charge on any atom is 0.127 e. The molecule has 2 aliphatic rings. The molecule has 0 saturated heterocycles. The van der Waals surface area contributed by atoms with Gasteiger partial charge in [-0.15, -0.1) is 0 Å². The van der Waals surface area contributed by atoms with E-state index in [2.05, 4.69) is 53.7 Å². The second-order valence-electron chi connectivity index (χ2n) is 7.18. The zero-order valence-corrected chi connectivity index (χ0v) is 15.2. The van der Waals surface area contributed by atoms with Crippen LogP contribution in [0.2, 0.25) is 0 Å². The lowest BCUT2D eigenvalue weighted by Crippen LogP contribution is -2.33. The van der Waals surface area contributed by atoms with Crippen LogP contribution in [0.4, 0.5) is 5.82 Å². The third kappa shape index (κ3) is 3.64. The first kappa shape index (κ1) is 16.4. The molecule has 1 aliphatic carbocycles. The Morgan fingerprint density at radius 2 is 1.92 bits per heavy atom. The first-order chi connectivity index (χ1) is 12.3. The molecule has 4 nitrogen and oxygen atoms in total. The lowest BCUT2D eigenvalue weighted by Gasteiger charge is -2.26. The first-order valence-corrected chi connectivity index (χ1v) is 9.56. The van der Waals surface area contributed by atoms with Crippen molar-refractivity contribution < 1.29 is 0 Å². The average molecular weight is 336 g/mol. The van der Waals surface area contributed by atoms with Crippen molar-refractivity contribution in [3.05, 3.63) is 53.2 Å². The molecule has 1 N–H and O–H groups in total. The van der Waals surface area contributed by atoms with E-state index in [-0.39, 0.29) is 0 Å². The molecule has 0 saturated carbocycles. The molecular weight excluding hydrogens is 308 g/mol. The summed E-state index contributed by atoms with van der Waals surface area (Å²) in [6.07, 6.45) is 8.44. The van der Waals surface area contributed by atoms with E-state index in [0.717, 1.165) is 39.0 Å². The molecule has 0 fully saturated rings. The Bertz CT molecular complexity index is 745. The zero-order valence-electron chi connectivity index (χ0n) is 15.2. The van der Waals surface area contributed by atoms with Gasteiger partial charge in [-0.25, -0.2) is 0 Å². The van der Waals surface area contributed by atoms with Crippen LogP contribution in [0.15, 0.2) is 36.4 Å². The summed E-state index contributed by atoms with van der Waals surface area (Å²) in [5, 5.41) is 8.34. The number of aromatic nitrogens is 2. The normalized spacial score (nSPS) is 17.9. The van der Waals surface area contributed by atoms with Crippen molar-refractivity contribution in [3.8, 4) is 0 Å². The van der Waals surface area contributed by atoms with Crippen molar-refractivity contribution in [3.63, 3.8) is 0 Å². The third-order valence-corrected chi connectivity index (χ3v) is 5.48. The highest BCUT2D eigenvalue weighted by Crippen LogP contribution is 2.27. The Hall–Kier alpha value is -2.07. The smallest absolute Gasteiger partial charge is 0.127 e. The number of anilines is 1. The van der Waals surface area contributed by atoms with E-state index in [9.17, 15) is 0 Å². The summed E-state index contributed by atoms with van der Waals surface area (Å²) in [6, 6.07) is 10.8. The summed E-state index contributed by atoms with van der Waals surface area (Å²) < 4.78 is 2.04. The maximum absolute atomic E-state index is 4.69. The first-order valence-electron chi connectivity index (χ1n) is 9.56.